The smallest absolute Gasteiger partial charge is 0.122 e. The van der Waals surface area contributed by atoms with Crippen LogP contribution in [0.2, 0.25) is 0 Å². The van der Waals surface area contributed by atoms with Gasteiger partial charge < -0.3 is 4.74 Å². The molecule has 0 aliphatic carbocycles. The molecule has 0 N–H and O–H groups in total. The average Bonchev–Trinajstić information content (AvgIpc) is 2.76. The second-order valence-electron chi connectivity index (χ2n) is 4.26. The zero-order valence-corrected chi connectivity index (χ0v) is 10.6. The maximum atomic E-state index is 5.78. The van der Waals surface area contributed by atoms with E-state index in [2.05, 4.69) is 38.0 Å². The highest BCUT2D eigenvalue weighted by Crippen LogP contribution is 2.19. The lowest BCUT2D eigenvalue weighted by molar-refractivity contribution is 0.304. The van der Waals surface area contributed by atoms with Crippen molar-refractivity contribution in [2.45, 2.75) is 33.9 Å². The first-order valence-electron chi connectivity index (χ1n) is 5.90. The molecule has 3 heteroatoms. The third kappa shape index (κ3) is 2.87. The van der Waals surface area contributed by atoms with Crippen LogP contribution in [0.25, 0.3) is 0 Å². The Balaban J connectivity index is 2.02. The van der Waals surface area contributed by atoms with Gasteiger partial charge in [0.15, 0.2) is 0 Å². The van der Waals surface area contributed by atoms with Gasteiger partial charge in [-0.3, -0.25) is 4.68 Å². The van der Waals surface area contributed by atoms with Gasteiger partial charge in [-0.1, -0.05) is 17.7 Å². The second-order valence-corrected chi connectivity index (χ2v) is 4.26. The predicted molar refractivity (Wildman–Crippen MR) is 68.1 cm³/mol. The van der Waals surface area contributed by atoms with Gasteiger partial charge in [0.2, 0.25) is 0 Å². The maximum absolute atomic E-state index is 5.78. The SMILES string of the molecule is CCn1cc(COc2ccc(C)cc2C)cn1. The normalized spacial score (nSPS) is 10.5. The van der Waals surface area contributed by atoms with Crippen LogP contribution >= 0.6 is 0 Å². The molecule has 0 aliphatic heterocycles. The molecule has 1 aromatic heterocycles. The number of hydrogen-bond acceptors (Lipinski definition) is 2. The lowest BCUT2D eigenvalue weighted by atomic mass is 10.1. The highest BCUT2D eigenvalue weighted by molar-refractivity contribution is 5.35. The summed E-state index contributed by atoms with van der Waals surface area (Å²) in [7, 11) is 0. The molecule has 0 unspecified atom stereocenters. The number of benzene rings is 1. The zero-order chi connectivity index (χ0) is 12.3. The van der Waals surface area contributed by atoms with E-state index in [0.717, 1.165) is 17.9 Å². The molecule has 0 fully saturated rings. The topological polar surface area (TPSA) is 27.1 Å². The van der Waals surface area contributed by atoms with Crippen LogP contribution in [-0.4, -0.2) is 9.78 Å². The van der Waals surface area contributed by atoms with Gasteiger partial charge in [-0.2, -0.15) is 5.10 Å². The van der Waals surface area contributed by atoms with E-state index in [1.165, 1.54) is 11.1 Å². The Morgan fingerprint density at radius 3 is 2.76 bits per heavy atom. The number of ether oxygens (including phenoxy) is 1. The molecule has 1 heterocycles. The van der Waals surface area contributed by atoms with Crippen molar-refractivity contribution < 1.29 is 4.74 Å². The Bertz CT molecular complexity index is 503. The molecule has 0 atom stereocenters. The molecule has 0 radical (unpaired) electrons. The summed E-state index contributed by atoms with van der Waals surface area (Å²) in [6.45, 7) is 7.69. The molecule has 0 aliphatic rings. The van der Waals surface area contributed by atoms with Gasteiger partial charge >= 0.3 is 0 Å². The van der Waals surface area contributed by atoms with Gasteiger partial charge in [0.1, 0.15) is 12.4 Å². The van der Waals surface area contributed by atoms with Crippen molar-refractivity contribution in [3.8, 4) is 5.75 Å². The van der Waals surface area contributed by atoms with Crippen molar-refractivity contribution in [3.05, 3.63) is 47.3 Å². The molecule has 0 saturated carbocycles. The van der Waals surface area contributed by atoms with Gasteiger partial charge in [0, 0.05) is 18.3 Å². The summed E-state index contributed by atoms with van der Waals surface area (Å²) in [5.74, 6) is 0.944. The van der Waals surface area contributed by atoms with E-state index in [0.29, 0.717) is 6.61 Å². The summed E-state index contributed by atoms with van der Waals surface area (Å²) >= 11 is 0. The van der Waals surface area contributed by atoms with E-state index in [1.54, 1.807) is 0 Å². The van der Waals surface area contributed by atoms with E-state index in [-0.39, 0.29) is 0 Å². The van der Waals surface area contributed by atoms with E-state index in [1.807, 2.05) is 23.1 Å². The molecule has 0 amide bonds. The first kappa shape index (κ1) is 11.7. The minimum absolute atomic E-state index is 0.573. The van der Waals surface area contributed by atoms with E-state index in [4.69, 9.17) is 4.74 Å². The van der Waals surface area contributed by atoms with E-state index in [9.17, 15) is 0 Å². The molecule has 0 saturated heterocycles. The Hall–Kier alpha value is -1.77. The minimum Gasteiger partial charge on any atom is -0.489 e. The number of aromatic nitrogens is 2. The fourth-order valence-corrected chi connectivity index (χ4v) is 1.78. The molecular formula is C14H18N2O. The number of hydrogen-bond donors (Lipinski definition) is 0. The summed E-state index contributed by atoms with van der Waals surface area (Å²) in [5.41, 5.74) is 3.54. The first-order chi connectivity index (χ1) is 8.19. The van der Waals surface area contributed by atoms with Crippen LogP contribution in [0.1, 0.15) is 23.6 Å². The second kappa shape index (κ2) is 5.04. The standard InChI is InChI=1S/C14H18N2O/c1-4-16-9-13(8-15-16)10-17-14-6-5-11(2)7-12(14)3/h5-9H,4,10H2,1-3H3. The molecule has 90 valence electrons. The minimum atomic E-state index is 0.573. The third-order valence-electron chi connectivity index (χ3n) is 2.74. The fourth-order valence-electron chi connectivity index (χ4n) is 1.78. The molecule has 0 spiro atoms. The molecule has 2 aromatic rings. The molecule has 2 rings (SSSR count). The first-order valence-corrected chi connectivity index (χ1v) is 5.90. The van der Waals surface area contributed by atoms with Gasteiger partial charge in [-0.25, -0.2) is 0 Å². The van der Waals surface area contributed by atoms with Gasteiger partial charge in [-0.05, 0) is 32.4 Å². The molecule has 1 aromatic carbocycles. The third-order valence-corrected chi connectivity index (χ3v) is 2.74. The van der Waals surface area contributed by atoms with Crippen LogP contribution in [0.15, 0.2) is 30.6 Å². The van der Waals surface area contributed by atoms with Gasteiger partial charge in [0.05, 0.1) is 6.20 Å². The fraction of sp³-hybridized carbons (Fsp3) is 0.357. The van der Waals surface area contributed by atoms with Crippen LogP contribution < -0.4 is 4.74 Å². The van der Waals surface area contributed by atoms with Gasteiger partial charge in [-0.15, -0.1) is 0 Å². The lowest BCUT2D eigenvalue weighted by Crippen LogP contribution is -1.97. The van der Waals surface area contributed by atoms with E-state index >= 15 is 0 Å². The van der Waals surface area contributed by atoms with Crippen molar-refractivity contribution in [2.24, 2.45) is 0 Å². The highest BCUT2D eigenvalue weighted by Gasteiger charge is 2.02. The van der Waals surface area contributed by atoms with Crippen LogP contribution in [-0.2, 0) is 13.2 Å². The number of nitrogens with zero attached hydrogens (tertiary/aromatic N) is 2. The predicted octanol–water partition coefficient (Wildman–Crippen LogP) is 3.10. The molecular weight excluding hydrogens is 212 g/mol. The van der Waals surface area contributed by atoms with Gasteiger partial charge in [0.25, 0.3) is 0 Å². The quantitative estimate of drug-likeness (QED) is 0.807. The van der Waals surface area contributed by atoms with Crippen molar-refractivity contribution >= 4 is 0 Å². The zero-order valence-electron chi connectivity index (χ0n) is 10.6. The van der Waals surface area contributed by atoms with Crippen molar-refractivity contribution in [1.29, 1.82) is 0 Å². The Kier molecular flexibility index (Phi) is 3.47. The molecule has 3 nitrogen and oxygen atoms in total. The largest absolute Gasteiger partial charge is 0.489 e. The van der Waals surface area contributed by atoms with Crippen molar-refractivity contribution in [2.75, 3.05) is 0 Å². The van der Waals surface area contributed by atoms with Crippen LogP contribution in [0.4, 0.5) is 0 Å². The van der Waals surface area contributed by atoms with E-state index < -0.39 is 0 Å². The molecule has 17 heavy (non-hydrogen) atoms. The summed E-state index contributed by atoms with van der Waals surface area (Å²) in [5, 5.41) is 4.22. The highest BCUT2D eigenvalue weighted by atomic mass is 16.5. The number of rotatable bonds is 4. The van der Waals surface area contributed by atoms with Crippen LogP contribution in [0.3, 0.4) is 0 Å². The van der Waals surface area contributed by atoms with Crippen molar-refractivity contribution in [1.82, 2.24) is 9.78 Å². The maximum Gasteiger partial charge on any atom is 0.122 e. The monoisotopic (exact) mass is 230 g/mol. The summed E-state index contributed by atoms with van der Waals surface area (Å²) in [6.07, 6.45) is 3.87. The Labute approximate surface area is 102 Å². The van der Waals surface area contributed by atoms with Crippen LogP contribution in [0, 0.1) is 13.8 Å². The summed E-state index contributed by atoms with van der Waals surface area (Å²) in [6, 6.07) is 6.22. The average molecular weight is 230 g/mol. The summed E-state index contributed by atoms with van der Waals surface area (Å²) in [4.78, 5) is 0. The number of aryl methyl sites for hydroxylation is 3. The van der Waals surface area contributed by atoms with Crippen LogP contribution in [0.5, 0.6) is 5.75 Å². The van der Waals surface area contributed by atoms with Crippen molar-refractivity contribution in [3.63, 3.8) is 0 Å². The lowest BCUT2D eigenvalue weighted by Gasteiger charge is -2.08. The Morgan fingerprint density at radius 1 is 1.29 bits per heavy atom. The summed E-state index contributed by atoms with van der Waals surface area (Å²) < 4.78 is 7.69. The molecule has 0 bridgehead atoms. The Morgan fingerprint density at radius 2 is 2.12 bits per heavy atom.